The number of guanidine groups is 1. The molecule has 2 aromatic rings. The molecule has 6 bridgehead atoms. The van der Waals surface area contributed by atoms with Crippen LogP contribution in [-0.2, 0) is 109 Å². The Balaban J connectivity index is 1.63. The number of thioether (sulfide) groups is 1. The highest BCUT2D eigenvalue weighted by atomic mass is 33.1. The molecule has 21 atom stereocenters. The second-order valence-electron chi connectivity index (χ2n) is 34.1. The zero-order chi connectivity index (χ0) is 106. The molecule has 5 heterocycles. The molecule has 2 unspecified atom stereocenters. The summed E-state index contributed by atoms with van der Waals surface area (Å²) in [5, 5.41) is 90.7. The highest BCUT2D eigenvalue weighted by molar-refractivity contribution is 8.77. The number of nitrogens with one attached hydrogen (secondary N) is 22. The third-order valence-electron chi connectivity index (χ3n) is 22.9. The van der Waals surface area contributed by atoms with Gasteiger partial charge in [-0.15, -0.1) is 0 Å². The molecule has 50 nitrogen and oxygen atoms in total. The molecule has 4 aliphatic rings. The molecule has 0 saturated carbocycles. The zero-order valence-electron chi connectivity index (χ0n) is 80.4. The third kappa shape index (κ3) is 42.9. The second kappa shape index (κ2) is 65.6. The van der Waals surface area contributed by atoms with Gasteiger partial charge >= 0.3 is 5.97 Å². The van der Waals surface area contributed by atoms with Crippen molar-refractivity contribution in [3.05, 3.63) is 54.1 Å². The fraction of sp³-hybridized carbons (Fsp3) is 0.647. The number of imidazole rings is 1. The molecule has 4 saturated heterocycles. The average Bonchev–Trinajstić information content (AvgIpc) is 1.03. The molecule has 4 fully saturated rings. The number of unbranched alkanes of at least 4 members (excludes halogenated alkanes) is 2. The van der Waals surface area contributed by atoms with Crippen molar-refractivity contribution in [2.45, 2.75) is 233 Å². The number of hydrogen-bond donors (Lipinski definition) is 29. The smallest absolute Gasteiger partial charge is 0.328 e. The molecule has 1 aromatic carbocycles. The summed E-state index contributed by atoms with van der Waals surface area (Å²) in [6.45, 7) is 4.96. The number of nitrogens with zero attached hydrogens (tertiary/aromatic N) is 1. The standard InChI is InChI=1S/C85H135N27O23S9/c1-7-42(3)64(88)82(132)110-61-40-144-139-35-56-76(126)108-58-37-140-137-33-54(104-70(120)47(19-12-14-23-86)99-75(125)53(32-113)103-69(119)49(21-16-25-92-85(89)90)98-74(124)52(101-78(58)128)28-46-29-91-41-95-46)67(117)93-30-62(115)96-50(22-26-136-6)71(121)106-59-38-141-138-34-55(68(118)94-31-63(116)97-56)105-79(129)60(107-73(123)51(27-45-17-10-9-11-18-45)102-83(133)65(43(4)8-2)111-81(61)131)39-143-142-36-57(109-80(59)130)77(127)100-48(20-13-15-24-87)72(122)112-66(44(5)114)84(134)135/h9-11,17-18,29,41-44,47-61,64-66,113-114H,7-8,12-16,19-28,30-40,86-88H2,1-6H3,(H,91,95)(H,93,117)(H,94,118)(H,96,115)(H,97,116)(H,98,124)(H,99,125)(H,100,127)(H,101,128)(H,102,133)(H,103,119)(H,104,120)(H,105,129)(H,106,121)(H,107,123)(H,108,126)(H,109,130)(H,110,132)(H,111,131)(H,112,122)(H,134,135)(H4,89,90,92)/t42-,43-,44+,47-,48-,49-,50-,51?,52-,53?,54-,55-,56-,57-,58-,59-,60-,61-,64-,65-,66-/m0/s1. The van der Waals surface area contributed by atoms with Crippen LogP contribution in [0.1, 0.15) is 117 Å². The minimum absolute atomic E-state index is 0.0174. The first-order chi connectivity index (χ1) is 68.7. The predicted octanol–water partition coefficient (Wildman–Crippen LogP) is -7.60. The van der Waals surface area contributed by atoms with Gasteiger partial charge in [0, 0.05) is 77.3 Å². The Hall–Kier alpha value is -9.95. The molecule has 144 heavy (non-hydrogen) atoms. The lowest BCUT2D eigenvalue weighted by Crippen LogP contribution is -2.62. The van der Waals surface area contributed by atoms with Crippen LogP contribution in [0, 0.1) is 17.2 Å². The van der Waals surface area contributed by atoms with E-state index in [-0.39, 0.29) is 102 Å². The van der Waals surface area contributed by atoms with Crippen LogP contribution < -0.4 is 129 Å². The monoisotopic (exact) mass is 2190 g/mol. The van der Waals surface area contributed by atoms with E-state index < -0.39 is 323 Å². The number of carboxylic acids is 1. The van der Waals surface area contributed by atoms with E-state index in [9.17, 15) is 58.5 Å². The van der Waals surface area contributed by atoms with Crippen molar-refractivity contribution in [2.75, 3.05) is 97.4 Å². The van der Waals surface area contributed by atoms with Crippen LogP contribution in [-0.4, -0.2) is 362 Å². The van der Waals surface area contributed by atoms with Gasteiger partial charge in [0.25, 0.3) is 0 Å². The van der Waals surface area contributed by atoms with Crippen molar-refractivity contribution >= 4 is 222 Å². The first-order valence-electron chi connectivity index (χ1n) is 46.7. The summed E-state index contributed by atoms with van der Waals surface area (Å²) in [6.07, 6.45) is 2.50. The molecule has 0 aliphatic carbocycles. The first-order valence-corrected chi connectivity index (χ1v) is 58.0. The van der Waals surface area contributed by atoms with E-state index in [4.69, 9.17) is 28.3 Å². The summed E-state index contributed by atoms with van der Waals surface area (Å²) in [5.41, 5.74) is 24.5. The largest absolute Gasteiger partial charge is 0.480 e. The number of hydrogen-bond acceptors (Lipinski definition) is 36. The van der Waals surface area contributed by atoms with Crippen LogP contribution in [0.25, 0.3) is 0 Å². The number of aromatic amines is 1. The fourth-order valence-electron chi connectivity index (χ4n) is 14.0. The van der Waals surface area contributed by atoms with Gasteiger partial charge in [-0.2, -0.15) is 11.8 Å². The number of aromatic nitrogens is 2. The maximum Gasteiger partial charge on any atom is 0.328 e. The van der Waals surface area contributed by atoms with E-state index in [1.165, 1.54) is 24.3 Å². The Morgan fingerprint density at radius 2 is 0.951 bits per heavy atom. The number of aliphatic carboxylic acids is 1. The maximum absolute atomic E-state index is 15.6. The lowest BCUT2D eigenvalue weighted by molar-refractivity contribution is -0.145. The zero-order valence-corrected chi connectivity index (χ0v) is 87.8. The number of aliphatic hydroxyl groups is 2. The van der Waals surface area contributed by atoms with E-state index in [1.54, 1.807) is 64.3 Å². The molecule has 19 amide bonds. The van der Waals surface area contributed by atoms with Gasteiger partial charge in [0.15, 0.2) is 12.0 Å². The van der Waals surface area contributed by atoms with Gasteiger partial charge in [-0.3, -0.25) is 96.5 Å². The summed E-state index contributed by atoms with van der Waals surface area (Å²) in [4.78, 5) is 304. The van der Waals surface area contributed by atoms with E-state index >= 15 is 52.7 Å². The number of fused-ring (bicyclic) bond motifs is 16. The van der Waals surface area contributed by atoms with Crippen molar-refractivity contribution in [3.8, 4) is 0 Å². The minimum Gasteiger partial charge on any atom is -0.480 e. The summed E-state index contributed by atoms with van der Waals surface area (Å²) >= 11 is 1.22. The number of aliphatic hydroxyl groups excluding tert-OH is 2. The van der Waals surface area contributed by atoms with Crippen molar-refractivity contribution in [2.24, 2.45) is 34.8 Å². The molecule has 0 radical (unpaired) electrons. The molecule has 4 aliphatic heterocycles. The van der Waals surface area contributed by atoms with Crippen molar-refractivity contribution in [1.29, 1.82) is 5.41 Å². The number of carboxylic acid groups (broad SMARTS) is 1. The number of benzene rings is 1. The van der Waals surface area contributed by atoms with E-state index in [1.807, 2.05) is 0 Å². The predicted molar refractivity (Wildman–Crippen MR) is 552 cm³/mol. The maximum atomic E-state index is 15.6. The van der Waals surface area contributed by atoms with Crippen LogP contribution >= 0.6 is 98.1 Å². The van der Waals surface area contributed by atoms with E-state index in [0.29, 0.717) is 12.0 Å². The Morgan fingerprint density at radius 3 is 1.47 bits per heavy atom. The van der Waals surface area contributed by atoms with Crippen molar-refractivity contribution in [1.82, 2.24) is 116 Å². The molecular weight excluding hydrogens is 2060 g/mol. The van der Waals surface area contributed by atoms with Gasteiger partial charge in [-0.1, -0.05) is 157 Å². The highest BCUT2D eigenvalue weighted by Gasteiger charge is 2.42. The molecule has 33 N–H and O–H groups in total. The topological polar surface area (TPSA) is 799 Å². The summed E-state index contributed by atoms with van der Waals surface area (Å²) < 4.78 is 0. The van der Waals surface area contributed by atoms with Crippen molar-refractivity contribution < 1.29 is 111 Å². The van der Waals surface area contributed by atoms with Gasteiger partial charge in [-0.25, -0.2) is 9.78 Å². The van der Waals surface area contributed by atoms with Gasteiger partial charge in [0.05, 0.1) is 38.2 Å². The van der Waals surface area contributed by atoms with Gasteiger partial charge in [0.1, 0.15) is 96.7 Å². The molecule has 1 aromatic heterocycles. The molecule has 59 heteroatoms. The van der Waals surface area contributed by atoms with Crippen LogP contribution in [0.2, 0.25) is 0 Å². The number of rotatable bonds is 32. The van der Waals surface area contributed by atoms with E-state index in [2.05, 4.69) is 116 Å². The Morgan fingerprint density at radius 1 is 0.500 bits per heavy atom. The normalized spacial score (nSPS) is 26.0. The molecular formula is C85H135N27O23S9. The Bertz CT molecular complexity index is 4660. The number of H-pyrrole nitrogens is 1. The Labute approximate surface area is 868 Å². The minimum atomic E-state index is -1.89. The van der Waals surface area contributed by atoms with Gasteiger partial charge < -0.3 is 150 Å². The molecule has 0 spiro atoms. The average molecular weight is 2190 g/mol. The van der Waals surface area contributed by atoms with Crippen LogP contribution in [0.3, 0.4) is 0 Å². The third-order valence-corrected chi connectivity index (χ3v) is 33.3. The lowest BCUT2D eigenvalue weighted by Gasteiger charge is -2.30. The van der Waals surface area contributed by atoms with Crippen LogP contribution in [0.5, 0.6) is 0 Å². The lowest BCUT2D eigenvalue weighted by atomic mass is 9.96. The quantitative estimate of drug-likeness (QED) is 0.0140. The highest BCUT2D eigenvalue weighted by Crippen LogP contribution is 2.30. The van der Waals surface area contributed by atoms with Crippen molar-refractivity contribution in [3.63, 3.8) is 0 Å². The number of nitrogens with two attached hydrogens (primary N) is 4. The molecule has 6 rings (SSSR count). The van der Waals surface area contributed by atoms with Gasteiger partial charge in [0.2, 0.25) is 112 Å². The number of carbonyl (C=O) groups is 20. The van der Waals surface area contributed by atoms with Crippen LogP contribution in [0.4, 0.5) is 0 Å². The summed E-state index contributed by atoms with van der Waals surface area (Å²) in [7, 11) is 6.41. The molecule has 802 valence electrons. The fourth-order valence-corrected chi connectivity index (χ4v) is 23.8. The summed E-state index contributed by atoms with van der Waals surface area (Å²) in [5.74, 6) is -27.3. The Kier molecular flexibility index (Phi) is 55.9. The first kappa shape index (κ1) is 123. The van der Waals surface area contributed by atoms with Gasteiger partial charge in [-0.05, 0) is 107 Å². The SMILES string of the molecule is CC[C@H](C)[C@H](N)C(=O)N[C@H]1CSSC[C@@H]2NC(=O)CNC(=O)[C@@H]3CSSC[C@H](NC(=O)[C@H](CCSC)NC(=O)CNC(=O)[C@@H]4CSSC[C@H](NC2=O)C(=O)N[C@@H](Cc2cnc[nH]2)C(=O)N[C@@H](CCCNC(=N)N)C(=O)NC(CO)C(=O)N[C@@H](CCCCN)C(=O)N4)C(=O)N[C@H](C(=O)N[C@@H](CCCCN)C(=O)N[C@H](C(=O)O)[C@@H](C)O)CSSC[C@H](NC(=O)C(Cc2ccccc2)NC(=O)[C@H]([C@@H](C)CC)NC1=O)C(=O)N3. The second-order valence-corrected chi connectivity index (χ2v) is 45.3. The number of carbonyl (C=O) groups excluding carboxylic acids is 19. The number of amides is 19. The van der Waals surface area contributed by atoms with E-state index in [0.717, 1.165) is 93.3 Å². The van der Waals surface area contributed by atoms with Crippen LogP contribution in [0.15, 0.2) is 42.9 Å². The summed E-state index contributed by atoms with van der Waals surface area (Å²) in [6, 6.07) is -21.9.